The first-order valence-electron chi connectivity index (χ1n) is 6.92. The van der Waals surface area contributed by atoms with Gasteiger partial charge in [0.15, 0.2) is 0 Å². The summed E-state index contributed by atoms with van der Waals surface area (Å²) in [5.41, 5.74) is -0.376. The van der Waals surface area contributed by atoms with E-state index in [0.29, 0.717) is 19.1 Å². The highest BCUT2D eigenvalue weighted by Gasteiger charge is 2.37. The van der Waals surface area contributed by atoms with Gasteiger partial charge in [0.2, 0.25) is 0 Å². The van der Waals surface area contributed by atoms with Crippen LogP contribution in [0.2, 0.25) is 0 Å². The predicted octanol–water partition coefficient (Wildman–Crippen LogP) is 3.66. The molecular formula is C16H15F3O4S. The Balaban J connectivity index is 2.26. The highest BCUT2D eigenvalue weighted by atomic mass is 32.2. The zero-order chi connectivity index (χ0) is 17.8. The van der Waals surface area contributed by atoms with Gasteiger partial charge >= 0.3 is 16.3 Å². The number of benzene rings is 2. The van der Waals surface area contributed by atoms with Crippen molar-refractivity contribution >= 4 is 10.1 Å². The molecule has 0 atom stereocenters. The number of methoxy groups -OCH3 is 1. The molecule has 0 aromatic heterocycles. The predicted molar refractivity (Wildman–Crippen MR) is 81.3 cm³/mol. The van der Waals surface area contributed by atoms with Crippen LogP contribution in [0, 0.1) is 0 Å². The Kier molecular flexibility index (Phi) is 5.51. The fourth-order valence-electron chi connectivity index (χ4n) is 2.02. The highest BCUT2D eigenvalue weighted by molar-refractivity contribution is 7.87. The number of halogens is 3. The summed E-state index contributed by atoms with van der Waals surface area (Å²) in [5.74, 6) is -0.0619. The molecule has 0 bridgehead atoms. The second-order valence-corrected chi connectivity index (χ2v) is 6.43. The third-order valence-electron chi connectivity index (χ3n) is 3.19. The largest absolute Gasteiger partial charge is 0.417 e. The maximum atomic E-state index is 13.0. The minimum absolute atomic E-state index is 0.0619. The van der Waals surface area contributed by atoms with Crippen molar-refractivity contribution in [2.45, 2.75) is 17.5 Å². The van der Waals surface area contributed by atoms with Crippen LogP contribution in [-0.2, 0) is 27.5 Å². The van der Waals surface area contributed by atoms with Gasteiger partial charge in [0.25, 0.3) is 0 Å². The number of alkyl halides is 3. The van der Waals surface area contributed by atoms with Crippen molar-refractivity contribution in [3.05, 3.63) is 59.7 Å². The van der Waals surface area contributed by atoms with E-state index in [0.717, 1.165) is 17.7 Å². The molecule has 0 amide bonds. The van der Waals surface area contributed by atoms with E-state index in [2.05, 4.69) is 0 Å². The maximum absolute atomic E-state index is 13.0. The Hall–Kier alpha value is -2.06. The minimum Gasteiger partial charge on any atom is -0.384 e. The Morgan fingerprint density at radius 3 is 2.21 bits per heavy atom. The average molecular weight is 360 g/mol. The molecule has 0 aliphatic carbocycles. The first-order chi connectivity index (χ1) is 11.2. The second-order valence-electron chi connectivity index (χ2n) is 4.92. The fraction of sp³-hybridized carbons (Fsp3) is 0.250. The van der Waals surface area contributed by atoms with Gasteiger partial charge in [0.05, 0.1) is 12.2 Å². The van der Waals surface area contributed by atoms with Crippen molar-refractivity contribution in [2.24, 2.45) is 0 Å². The van der Waals surface area contributed by atoms with E-state index in [1.165, 1.54) is 18.2 Å². The molecule has 130 valence electrons. The van der Waals surface area contributed by atoms with Gasteiger partial charge in [-0.25, -0.2) is 0 Å². The fourth-order valence-corrected chi connectivity index (χ4v) is 3.17. The van der Waals surface area contributed by atoms with Crippen molar-refractivity contribution in [3.8, 4) is 5.75 Å². The quantitative estimate of drug-likeness (QED) is 0.738. The number of rotatable bonds is 6. The Morgan fingerprint density at radius 2 is 1.62 bits per heavy atom. The summed E-state index contributed by atoms with van der Waals surface area (Å²) in [5, 5.41) is 0. The lowest BCUT2D eigenvalue weighted by atomic mass is 10.1. The molecule has 0 saturated heterocycles. The van der Waals surface area contributed by atoms with Gasteiger partial charge < -0.3 is 8.92 Å². The molecule has 8 heteroatoms. The summed E-state index contributed by atoms with van der Waals surface area (Å²) in [6, 6.07) is 9.91. The van der Waals surface area contributed by atoms with E-state index in [4.69, 9.17) is 8.92 Å². The lowest BCUT2D eigenvalue weighted by molar-refractivity contribution is -0.139. The van der Waals surface area contributed by atoms with Crippen LogP contribution in [0.4, 0.5) is 13.2 Å². The first-order valence-corrected chi connectivity index (χ1v) is 8.33. The van der Waals surface area contributed by atoms with E-state index < -0.39 is 26.8 Å². The Labute approximate surface area is 138 Å². The lowest BCUT2D eigenvalue weighted by Crippen LogP contribution is -2.17. The molecule has 24 heavy (non-hydrogen) atoms. The monoisotopic (exact) mass is 360 g/mol. The molecule has 0 unspecified atom stereocenters. The SMILES string of the molecule is COCCc1ccc(OS(=O)(=O)c2ccccc2C(F)(F)F)cc1. The summed E-state index contributed by atoms with van der Waals surface area (Å²) in [4.78, 5) is -0.916. The van der Waals surface area contributed by atoms with Crippen LogP contribution in [0.25, 0.3) is 0 Å². The Morgan fingerprint density at radius 1 is 1.00 bits per heavy atom. The normalized spacial score (nSPS) is 12.2. The van der Waals surface area contributed by atoms with Gasteiger partial charge in [0.1, 0.15) is 10.6 Å². The number of hydrogen-bond acceptors (Lipinski definition) is 4. The minimum atomic E-state index is -4.79. The third kappa shape index (κ3) is 4.48. The van der Waals surface area contributed by atoms with E-state index in [-0.39, 0.29) is 5.75 Å². The molecule has 2 aromatic rings. The van der Waals surface area contributed by atoms with Gasteiger partial charge in [-0.15, -0.1) is 0 Å². The summed E-state index contributed by atoms with van der Waals surface area (Å²) in [6.07, 6.45) is -4.17. The van der Waals surface area contributed by atoms with Crippen LogP contribution in [0.3, 0.4) is 0 Å². The second kappa shape index (κ2) is 7.23. The number of ether oxygens (including phenoxy) is 1. The van der Waals surface area contributed by atoms with Crippen molar-refractivity contribution in [1.82, 2.24) is 0 Å². The molecular weight excluding hydrogens is 345 g/mol. The van der Waals surface area contributed by atoms with E-state index in [1.807, 2.05) is 0 Å². The Bertz CT molecular complexity index is 784. The molecule has 0 N–H and O–H groups in total. The molecule has 0 heterocycles. The van der Waals surface area contributed by atoms with E-state index in [1.54, 1.807) is 19.2 Å². The van der Waals surface area contributed by atoms with Crippen LogP contribution in [0.1, 0.15) is 11.1 Å². The van der Waals surface area contributed by atoms with Gasteiger partial charge in [-0.05, 0) is 36.2 Å². The zero-order valence-electron chi connectivity index (χ0n) is 12.7. The maximum Gasteiger partial charge on any atom is 0.417 e. The third-order valence-corrected chi connectivity index (χ3v) is 4.49. The molecule has 0 fully saturated rings. The summed E-state index contributed by atoms with van der Waals surface area (Å²) in [6.45, 7) is 0.497. The molecule has 0 saturated carbocycles. The van der Waals surface area contributed by atoms with Gasteiger partial charge in [0, 0.05) is 7.11 Å². The standard InChI is InChI=1S/C16H15F3O4S/c1-22-11-10-12-6-8-13(9-7-12)23-24(20,21)15-5-3-2-4-14(15)16(17,18)19/h2-9H,10-11H2,1H3. The first kappa shape index (κ1) is 18.3. The van der Waals surface area contributed by atoms with Gasteiger partial charge in [-0.2, -0.15) is 21.6 Å². The van der Waals surface area contributed by atoms with Crippen molar-refractivity contribution in [3.63, 3.8) is 0 Å². The average Bonchev–Trinajstić information content (AvgIpc) is 2.53. The van der Waals surface area contributed by atoms with Crippen molar-refractivity contribution < 1.29 is 30.5 Å². The molecule has 2 rings (SSSR count). The van der Waals surface area contributed by atoms with E-state index in [9.17, 15) is 21.6 Å². The summed E-state index contributed by atoms with van der Waals surface area (Å²) < 4.78 is 73.0. The molecule has 0 radical (unpaired) electrons. The highest BCUT2D eigenvalue weighted by Crippen LogP contribution is 2.34. The van der Waals surface area contributed by atoms with E-state index >= 15 is 0 Å². The van der Waals surface area contributed by atoms with Crippen molar-refractivity contribution in [2.75, 3.05) is 13.7 Å². The topological polar surface area (TPSA) is 52.6 Å². The summed E-state index contributed by atoms with van der Waals surface area (Å²) in [7, 11) is -3.04. The van der Waals surface area contributed by atoms with Crippen LogP contribution in [0.5, 0.6) is 5.75 Å². The van der Waals surface area contributed by atoms with Crippen molar-refractivity contribution in [1.29, 1.82) is 0 Å². The molecule has 0 aliphatic rings. The smallest absolute Gasteiger partial charge is 0.384 e. The molecule has 0 spiro atoms. The van der Waals surface area contributed by atoms with Crippen LogP contribution >= 0.6 is 0 Å². The van der Waals surface area contributed by atoms with Gasteiger partial charge in [-0.3, -0.25) is 0 Å². The number of hydrogen-bond donors (Lipinski definition) is 0. The van der Waals surface area contributed by atoms with Crippen LogP contribution in [-0.4, -0.2) is 22.1 Å². The molecule has 2 aromatic carbocycles. The molecule has 4 nitrogen and oxygen atoms in total. The molecule has 0 aliphatic heterocycles. The lowest BCUT2D eigenvalue weighted by Gasteiger charge is -2.13. The summed E-state index contributed by atoms with van der Waals surface area (Å²) >= 11 is 0. The van der Waals surface area contributed by atoms with Crippen LogP contribution in [0.15, 0.2) is 53.4 Å². The van der Waals surface area contributed by atoms with Gasteiger partial charge in [-0.1, -0.05) is 24.3 Å². The van der Waals surface area contributed by atoms with Crippen LogP contribution < -0.4 is 4.18 Å². The zero-order valence-corrected chi connectivity index (χ0v) is 13.5.